The third-order valence-electron chi connectivity index (χ3n) is 4.15. The maximum Gasteiger partial charge on any atom is 0.119 e. The van der Waals surface area contributed by atoms with E-state index in [1.54, 1.807) is 7.11 Å². The quantitative estimate of drug-likeness (QED) is 0.850. The van der Waals surface area contributed by atoms with Crippen LogP contribution >= 0.6 is 0 Å². The highest BCUT2D eigenvalue weighted by Crippen LogP contribution is 2.17. The molecule has 4 nitrogen and oxygen atoms in total. The molecule has 1 aliphatic rings. The smallest absolute Gasteiger partial charge is 0.119 e. The SMILES string of the molecule is COc1cccc(CC2CN(Cc3cccc(C)n3)CCO2)c1. The maximum absolute atomic E-state index is 5.94. The maximum atomic E-state index is 5.94. The van der Waals surface area contributed by atoms with Gasteiger partial charge >= 0.3 is 0 Å². The van der Waals surface area contributed by atoms with Crippen LogP contribution in [0.3, 0.4) is 0 Å². The van der Waals surface area contributed by atoms with Crippen molar-refractivity contribution >= 4 is 0 Å². The lowest BCUT2D eigenvalue weighted by atomic mass is 10.1. The van der Waals surface area contributed by atoms with Crippen LogP contribution in [0.25, 0.3) is 0 Å². The standard InChI is InChI=1S/C19H24N2O2/c1-15-5-3-7-17(20-15)13-21-9-10-23-19(14-21)12-16-6-4-8-18(11-16)22-2/h3-8,11,19H,9-10,12-14H2,1-2H3. The molecule has 23 heavy (non-hydrogen) atoms. The second-order valence-electron chi connectivity index (χ2n) is 6.05. The summed E-state index contributed by atoms with van der Waals surface area (Å²) in [6.07, 6.45) is 1.13. The molecule has 0 bridgehead atoms. The van der Waals surface area contributed by atoms with E-state index in [2.05, 4.69) is 34.1 Å². The number of aryl methyl sites for hydroxylation is 1. The van der Waals surface area contributed by atoms with Crippen LogP contribution in [-0.2, 0) is 17.7 Å². The average Bonchev–Trinajstić information content (AvgIpc) is 2.55. The molecule has 0 aliphatic carbocycles. The average molecular weight is 312 g/mol. The number of hydrogen-bond acceptors (Lipinski definition) is 4. The van der Waals surface area contributed by atoms with Crippen molar-refractivity contribution in [3.05, 3.63) is 59.4 Å². The topological polar surface area (TPSA) is 34.6 Å². The Labute approximate surface area is 138 Å². The van der Waals surface area contributed by atoms with Crippen molar-refractivity contribution in [3.8, 4) is 5.75 Å². The Kier molecular flexibility index (Phi) is 5.26. The molecule has 1 saturated heterocycles. The number of nitrogens with zero attached hydrogens (tertiary/aromatic N) is 2. The minimum Gasteiger partial charge on any atom is -0.497 e. The molecule has 122 valence electrons. The fraction of sp³-hybridized carbons (Fsp3) is 0.421. The van der Waals surface area contributed by atoms with Crippen LogP contribution in [0, 0.1) is 6.92 Å². The molecule has 4 heteroatoms. The molecule has 0 saturated carbocycles. The molecular formula is C19H24N2O2. The van der Waals surface area contributed by atoms with Crippen molar-refractivity contribution in [1.29, 1.82) is 0 Å². The summed E-state index contributed by atoms with van der Waals surface area (Å²) >= 11 is 0. The lowest BCUT2D eigenvalue weighted by molar-refractivity contribution is -0.0308. The molecule has 0 N–H and O–H groups in total. The predicted molar refractivity (Wildman–Crippen MR) is 90.7 cm³/mol. The van der Waals surface area contributed by atoms with Crippen molar-refractivity contribution in [2.75, 3.05) is 26.8 Å². The number of rotatable bonds is 5. The number of aromatic nitrogens is 1. The van der Waals surface area contributed by atoms with Gasteiger partial charge < -0.3 is 9.47 Å². The van der Waals surface area contributed by atoms with Crippen molar-refractivity contribution in [1.82, 2.24) is 9.88 Å². The summed E-state index contributed by atoms with van der Waals surface area (Å²) in [5.74, 6) is 0.902. The highest BCUT2D eigenvalue weighted by molar-refractivity contribution is 5.28. The Morgan fingerprint density at radius 1 is 1.26 bits per heavy atom. The van der Waals surface area contributed by atoms with Crippen LogP contribution in [-0.4, -0.2) is 42.8 Å². The molecule has 1 unspecified atom stereocenters. The molecule has 1 aliphatic heterocycles. The van der Waals surface area contributed by atoms with Crippen LogP contribution < -0.4 is 4.74 Å². The van der Waals surface area contributed by atoms with E-state index in [0.717, 1.165) is 49.8 Å². The van der Waals surface area contributed by atoms with E-state index in [1.165, 1.54) is 5.56 Å². The van der Waals surface area contributed by atoms with E-state index in [9.17, 15) is 0 Å². The van der Waals surface area contributed by atoms with Crippen molar-refractivity contribution in [2.24, 2.45) is 0 Å². The van der Waals surface area contributed by atoms with Gasteiger partial charge in [0.1, 0.15) is 5.75 Å². The van der Waals surface area contributed by atoms with Gasteiger partial charge in [-0.15, -0.1) is 0 Å². The molecule has 1 atom stereocenters. The third-order valence-corrected chi connectivity index (χ3v) is 4.15. The number of morpholine rings is 1. The summed E-state index contributed by atoms with van der Waals surface area (Å²) in [5.41, 5.74) is 3.46. The number of pyridine rings is 1. The molecule has 2 aromatic rings. The summed E-state index contributed by atoms with van der Waals surface area (Å²) in [5, 5.41) is 0. The third kappa shape index (κ3) is 4.53. The number of methoxy groups -OCH3 is 1. The molecule has 1 fully saturated rings. The summed E-state index contributed by atoms with van der Waals surface area (Å²) in [7, 11) is 1.70. The first kappa shape index (κ1) is 16.0. The van der Waals surface area contributed by atoms with Gasteiger partial charge in [0, 0.05) is 31.7 Å². The Morgan fingerprint density at radius 2 is 2.13 bits per heavy atom. The second-order valence-corrected chi connectivity index (χ2v) is 6.05. The Hall–Kier alpha value is -1.91. The van der Waals surface area contributed by atoms with Gasteiger partial charge in [-0.05, 0) is 36.8 Å². The molecule has 2 heterocycles. The Morgan fingerprint density at radius 3 is 2.96 bits per heavy atom. The molecular weight excluding hydrogens is 288 g/mol. The van der Waals surface area contributed by atoms with Crippen molar-refractivity contribution in [3.63, 3.8) is 0 Å². The first-order valence-corrected chi connectivity index (χ1v) is 8.12. The van der Waals surface area contributed by atoms with Gasteiger partial charge in [-0.2, -0.15) is 0 Å². The Balaban J connectivity index is 1.59. The summed E-state index contributed by atoms with van der Waals surface area (Å²) in [4.78, 5) is 7.03. The van der Waals surface area contributed by atoms with E-state index < -0.39 is 0 Å². The fourth-order valence-electron chi connectivity index (χ4n) is 3.03. The van der Waals surface area contributed by atoms with E-state index >= 15 is 0 Å². The van der Waals surface area contributed by atoms with Crippen LogP contribution in [0.5, 0.6) is 5.75 Å². The molecule has 1 aromatic carbocycles. The number of hydrogen-bond donors (Lipinski definition) is 0. The number of benzene rings is 1. The van der Waals surface area contributed by atoms with E-state index in [4.69, 9.17) is 9.47 Å². The molecule has 0 spiro atoms. The zero-order valence-corrected chi connectivity index (χ0v) is 13.9. The minimum absolute atomic E-state index is 0.223. The van der Waals surface area contributed by atoms with Crippen molar-refractivity contribution in [2.45, 2.75) is 26.0 Å². The van der Waals surface area contributed by atoms with Gasteiger partial charge in [-0.3, -0.25) is 9.88 Å². The summed E-state index contributed by atoms with van der Waals surface area (Å²) in [6, 6.07) is 14.4. The summed E-state index contributed by atoms with van der Waals surface area (Å²) < 4.78 is 11.2. The first-order chi connectivity index (χ1) is 11.2. The summed E-state index contributed by atoms with van der Waals surface area (Å²) in [6.45, 7) is 5.60. The fourth-order valence-corrected chi connectivity index (χ4v) is 3.03. The van der Waals surface area contributed by atoms with E-state index in [1.807, 2.05) is 25.1 Å². The van der Waals surface area contributed by atoms with Crippen LogP contribution in [0.1, 0.15) is 17.0 Å². The van der Waals surface area contributed by atoms with Gasteiger partial charge in [0.05, 0.1) is 25.5 Å². The minimum atomic E-state index is 0.223. The van der Waals surface area contributed by atoms with Gasteiger partial charge in [-0.1, -0.05) is 18.2 Å². The van der Waals surface area contributed by atoms with E-state index in [-0.39, 0.29) is 6.10 Å². The molecule has 1 aromatic heterocycles. The lowest BCUT2D eigenvalue weighted by Crippen LogP contribution is -2.43. The monoisotopic (exact) mass is 312 g/mol. The van der Waals surface area contributed by atoms with Crippen LogP contribution in [0.15, 0.2) is 42.5 Å². The van der Waals surface area contributed by atoms with E-state index in [0.29, 0.717) is 0 Å². The van der Waals surface area contributed by atoms with Gasteiger partial charge in [0.25, 0.3) is 0 Å². The van der Waals surface area contributed by atoms with Gasteiger partial charge in [-0.25, -0.2) is 0 Å². The van der Waals surface area contributed by atoms with Crippen LogP contribution in [0.2, 0.25) is 0 Å². The van der Waals surface area contributed by atoms with Gasteiger partial charge in [0.15, 0.2) is 0 Å². The molecule has 3 rings (SSSR count). The van der Waals surface area contributed by atoms with Gasteiger partial charge in [0.2, 0.25) is 0 Å². The zero-order valence-electron chi connectivity index (χ0n) is 13.9. The Bertz CT molecular complexity index is 645. The largest absolute Gasteiger partial charge is 0.497 e. The normalized spacial score (nSPS) is 18.8. The van der Waals surface area contributed by atoms with Crippen LogP contribution in [0.4, 0.5) is 0 Å². The first-order valence-electron chi connectivity index (χ1n) is 8.12. The molecule has 0 amide bonds. The second kappa shape index (κ2) is 7.57. The number of ether oxygens (including phenoxy) is 2. The predicted octanol–water partition coefficient (Wildman–Crippen LogP) is 2.84. The molecule has 0 radical (unpaired) electrons. The lowest BCUT2D eigenvalue weighted by Gasteiger charge is -2.32. The zero-order chi connectivity index (χ0) is 16.1. The van der Waals surface area contributed by atoms with Crippen molar-refractivity contribution < 1.29 is 9.47 Å². The highest BCUT2D eigenvalue weighted by Gasteiger charge is 2.21. The highest BCUT2D eigenvalue weighted by atomic mass is 16.5.